The number of rotatable bonds is 2. The van der Waals surface area contributed by atoms with E-state index in [1.54, 1.807) is 0 Å². The average molecular weight is 208 g/mol. The van der Waals surface area contributed by atoms with Gasteiger partial charge in [0.15, 0.2) is 0 Å². The molecule has 1 fully saturated rings. The molecular weight excluding hydrogens is 192 g/mol. The molecule has 2 atom stereocenters. The fourth-order valence-corrected chi connectivity index (χ4v) is 3.26. The third-order valence-corrected chi connectivity index (χ3v) is 4.13. The van der Waals surface area contributed by atoms with Crippen LogP contribution in [0, 0.1) is 0 Å². The van der Waals surface area contributed by atoms with Crippen molar-refractivity contribution in [3.05, 3.63) is 35.9 Å². The summed E-state index contributed by atoms with van der Waals surface area (Å²) in [7, 11) is 0. The number of aliphatic hydroxyl groups excluding tert-OH is 1. The normalized spacial score (nSPS) is 27.5. The van der Waals surface area contributed by atoms with Crippen LogP contribution in [0.5, 0.6) is 0 Å². The predicted molar refractivity (Wildman–Crippen MR) is 61.7 cm³/mol. The Morgan fingerprint density at radius 3 is 2.79 bits per heavy atom. The second kappa shape index (κ2) is 4.85. The van der Waals surface area contributed by atoms with E-state index < -0.39 is 0 Å². The van der Waals surface area contributed by atoms with Crippen molar-refractivity contribution in [1.29, 1.82) is 0 Å². The van der Waals surface area contributed by atoms with Gasteiger partial charge >= 0.3 is 0 Å². The van der Waals surface area contributed by atoms with Crippen LogP contribution in [0.1, 0.15) is 24.3 Å². The lowest BCUT2D eigenvalue weighted by Crippen LogP contribution is -2.19. The van der Waals surface area contributed by atoms with Crippen LogP contribution in [0.3, 0.4) is 0 Å². The first-order valence-electron chi connectivity index (χ1n) is 5.17. The minimum atomic E-state index is 0.327. The first kappa shape index (κ1) is 10.1. The maximum atomic E-state index is 9.13. The van der Waals surface area contributed by atoms with Gasteiger partial charge in [-0.2, -0.15) is 11.8 Å². The standard InChI is InChI=1S/C12H16OS/c13-9-12-8-11(6-7-14-12)10-4-2-1-3-5-10/h1-5,11-13H,6-9H2. The molecule has 0 aliphatic carbocycles. The summed E-state index contributed by atoms with van der Waals surface area (Å²) in [4.78, 5) is 0. The van der Waals surface area contributed by atoms with Crippen molar-refractivity contribution in [2.45, 2.75) is 24.0 Å². The number of hydrogen-bond acceptors (Lipinski definition) is 2. The Morgan fingerprint density at radius 2 is 2.07 bits per heavy atom. The van der Waals surface area contributed by atoms with E-state index in [4.69, 9.17) is 5.11 Å². The molecule has 0 bridgehead atoms. The molecule has 2 heteroatoms. The molecule has 0 saturated carbocycles. The highest BCUT2D eigenvalue weighted by molar-refractivity contribution is 7.99. The lowest BCUT2D eigenvalue weighted by molar-refractivity contribution is 0.283. The number of thioether (sulfide) groups is 1. The molecule has 0 amide bonds. The van der Waals surface area contributed by atoms with Crippen molar-refractivity contribution in [1.82, 2.24) is 0 Å². The minimum Gasteiger partial charge on any atom is -0.395 e. The Balaban J connectivity index is 2.04. The lowest BCUT2D eigenvalue weighted by Gasteiger charge is -2.27. The second-order valence-electron chi connectivity index (χ2n) is 3.81. The van der Waals surface area contributed by atoms with Gasteiger partial charge in [-0.3, -0.25) is 0 Å². The van der Waals surface area contributed by atoms with Crippen molar-refractivity contribution in [3.63, 3.8) is 0 Å². The van der Waals surface area contributed by atoms with Crippen LogP contribution in [-0.2, 0) is 0 Å². The zero-order valence-electron chi connectivity index (χ0n) is 8.23. The lowest BCUT2D eigenvalue weighted by atomic mass is 9.91. The highest BCUT2D eigenvalue weighted by atomic mass is 32.2. The Bertz CT molecular complexity index is 273. The number of benzene rings is 1. The monoisotopic (exact) mass is 208 g/mol. The van der Waals surface area contributed by atoms with Crippen molar-refractivity contribution >= 4 is 11.8 Å². The van der Waals surface area contributed by atoms with Crippen molar-refractivity contribution < 1.29 is 5.11 Å². The first-order valence-corrected chi connectivity index (χ1v) is 6.22. The summed E-state index contributed by atoms with van der Waals surface area (Å²) in [5.41, 5.74) is 1.44. The molecule has 1 heterocycles. The topological polar surface area (TPSA) is 20.2 Å². The molecule has 1 saturated heterocycles. The van der Waals surface area contributed by atoms with Crippen LogP contribution in [0.4, 0.5) is 0 Å². The summed E-state index contributed by atoms with van der Waals surface area (Å²) in [6, 6.07) is 10.7. The largest absolute Gasteiger partial charge is 0.395 e. The Labute approximate surface area is 89.5 Å². The van der Waals surface area contributed by atoms with Crippen LogP contribution in [0.25, 0.3) is 0 Å². The van der Waals surface area contributed by atoms with Crippen molar-refractivity contribution in [2.24, 2.45) is 0 Å². The fraction of sp³-hybridized carbons (Fsp3) is 0.500. The van der Waals surface area contributed by atoms with E-state index in [1.165, 1.54) is 17.7 Å². The number of aliphatic hydroxyl groups is 1. The molecule has 14 heavy (non-hydrogen) atoms. The molecule has 1 N–H and O–H groups in total. The van der Waals surface area contributed by atoms with E-state index in [0.29, 0.717) is 17.8 Å². The molecule has 0 aromatic heterocycles. The molecule has 2 unspecified atom stereocenters. The zero-order chi connectivity index (χ0) is 9.80. The summed E-state index contributed by atoms with van der Waals surface area (Å²) < 4.78 is 0. The van der Waals surface area contributed by atoms with Crippen LogP contribution in [-0.4, -0.2) is 22.7 Å². The van der Waals surface area contributed by atoms with Gasteiger partial charge in [0.25, 0.3) is 0 Å². The van der Waals surface area contributed by atoms with E-state index in [1.807, 2.05) is 11.8 Å². The molecule has 0 spiro atoms. The van der Waals surface area contributed by atoms with Gasteiger partial charge in [0.1, 0.15) is 0 Å². The van der Waals surface area contributed by atoms with E-state index in [2.05, 4.69) is 30.3 Å². The van der Waals surface area contributed by atoms with Crippen molar-refractivity contribution in [2.75, 3.05) is 12.4 Å². The highest BCUT2D eigenvalue weighted by Gasteiger charge is 2.22. The van der Waals surface area contributed by atoms with Gasteiger partial charge in [-0.15, -0.1) is 0 Å². The minimum absolute atomic E-state index is 0.327. The fourth-order valence-electron chi connectivity index (χ4n) is 2.04. The molecule has 76 valence electrons. The van der Waals surface area contributed by atoms with Crippen LogP contribution in [0.2, 0.25) is 0 Å². The van der Waals surface area contributed by atoms with E-state index in [0.717, 1.165) is 6.42 Å². The Morgan fingerprint density at radius 1 is 1.29 bits per heavy atom. The first-order chi connectivity index (χ1) is 6.90. The molecule has 1 aliphatic heterocycles. The average Bonchev–Trinajstić information content (AvgIpc) is 2.30. The quantitative estimate of drug-likeness (QED) is 0.806. The SMILES string of the molecule is OCC1CC(c2ccccc2)CCS1. The van der Waals surface area contributed by atoms with Gasteiger partial charge < -0.3 is 5.11 Å². The predicted octanol–water partition coefficient (Wildman–Crippen LogP) is 2.66. The Kier molecular flexibility index (Phi) is 3.49. The van der Waals surface area contributed by atoms with Crippen LogP contribution in [0.15, 0.2) is 30.3 Å². The molecule has 1 aromatic rings. The van der Waals surface area contributed by atoms with Gasteiger partial charge in [-0.05, 0) is 30.1 Å². The van der Waals surface area contributed by atoms with E-state index in [-0.39, 0.29) is 0 Å². The molecule has 0 radical (unpaired) electrons. The maximum Gasteiger partial charge on any atom is 0.0550 e. The zero-order valence-corrected chi connectivity index (χ0v) is 9.04. The smallest absolute Gasteiger partial charge is 0.0550 e. The van der Waals surface area contributed by atoms with Gasteiger partial charge in [0, 0.05) is 5.25 Å². The maximum absolute atomic E-state index is 9.13. The molecule has 1 aromatic carbocycles. The van der Waals surface area contributed by atoms with Crippen molar-refractivity contribution in [3.8, 4) is 0 Å². The van der Waals surface area contributed by atoms with E-state index in [9.17, 15) is 0 Å². The van der Waals surface area contributed by atoms with Gasteiger partial charge in [0.05, 0.1) is 6.61 Å². The van der Waals surface area contributed by atoms with Gasteiger partial charge in [-0.1, -0.05) is 30.3 Å². The second-order valence-corrected chi connectivity index (χ2v) is 5.22. The van der Waals surface area contributed by atoms with Gasteiger partial charge in [-0.25, -0.2) is 0 Å². The third kappa shape index (κ3) is 2.31. The van der Waals surface area contributed by atoms with Crippen LogP contribution >= 0.6 is 11.8 Å². The molecule has 2 rings (SSSR count). The summed E-state index contributed by atoms with van der Waals surface area (Å²) in [5.74, 6) is 1.85. The highest BCUT2D eigenvalue weighted by Crippen LogP contribution is 2.35. The van der Waals surface area contributed by atoms with Gasteiger partial charge in [0.2, 0.25) is 0 Å². The number of hydrogen-bond donors (Lipinski definition) is 1. The molecular formula is C12H16OS. The molecule has 1 nitrogen and oxygen atoms in total. The van der Waals surface area contributed by atoms with E-state index >= 15 is 0 Å². The summed E-state index contributed by atoms with van der Waals surface area (Å²) in [6.45, 7) is 0.327. The summed E-state index contributed by atoms with van der Waals surface area (Å²) in [5, 5.41) is 9.59. The van der Waals surface area contributed by atoms with Crippen LogP contribution < -0.4 is 0 Å². The Hall–Kier alpha value is -0.470. The summed E-state index contributed by atoms with van der Waals surface area (Å²) >= 11 is 1.91. The molecule has 1 aliphatic rings. The third-order valence-electron chi connectivity index (χ3n) is 2.84. The summed E-state index contributed by atoms with van der Waals surface area (Å²) in [6.07, 6.45) is 2.39.